The minimum absolute atomic E-state index is 0.336. The van der Waals surface area contributed by atoms with Gasteiger partial charge in [-0.2, -0.15) is 0 Å². The van der Waals surface area contributed by atoms with Gasteiger partial charge in [0.2, 0.25) is 0 Å². The number of hydrogen-bond donors (Lipinski definition) is 0. The van der Waals surface area contributed by atoms with Crippen LogP contribution in [0.2, 0.25) is 0 Å². The molecule has 0 N–H and O–H groups in total. The Morgan fingerprint density at radius 2 is 1.88 bits per heavy atom. The molecule has 0 atom stereocenters. The summed E-state index contributed by atoms with van der Waals surface area (Å²) >= 11 is 0. The van der Waals surface area contributed by atoms with Gasteiger partial charge in [-0.1, -0.05) is 0 Å². The molecule has 0 aliphatic heterocycles. The summed E-state index contributed by atoms with van der Waals surface area (Å²) < 4.78 is 27.5. The van der Waals surface area contributed by atoms with Crippen LogP contribution in [0, 0.1) is 11.6 Å². The molecule has 2 rings (SSSR count). The summed E-state index contributed by atoms with van der Waals surface area (Å²) in [5.74, 6) is -1.20. The van der Waals surface area contributed by atoms with E-state index >= 15 is 0 Å². The van der Waals surface area contributed by atoms with Gasteiger partial charge >= 0.3 is 0 Å². The van der Waals surface area contributed by atoms with Gasteiger partial charge < -0.3 is 4.57 Å². The molecule has 0 unspecified atom stereocenters. The highest BCUT2D eigenvalue weighted by Crippen LogP contribution is 2.10. The molecule has 2 nitrogen and oxygen atoms in total. The van der Waals surface area contributed by atoms with Crippen molar-refractivity contribution in [2.75, 3.05) is 0 Å². The zero-order valence-corrected chi connectivity index (χ0v) is 8.36. The SMILES string of the molecule is O=Cc1ccn(Cc2cc(F)cc(F)c2)c1. The van der Waals surface area contributed by atoms with Crippen LogP contribution in [0.4, 0.5) is 8.78 Å². The van der Waals surface area contributed by atoms with E-state index in [1.807, 2.05) is 0 Å². The molecule has 0 amide bonds. The van der Waals surface area contributed by atoms with Crippen LogP contribution in [0.1, 0.15) is 15.9 Å². The Hall–Kier alpha value is -1.97. The highest BCUT2D eigenvalue weighted by Gasteiger charge is 2.02. The third kappa shape index (κ3) is 2.34. The minimum atomic E-state index is -0.599. The van der Waals surface area contributed by atoms with Crippen molar-refractivity contribution in [1.82, 2.24) is 4.57 Å². The lowest BCUT2D eigenvalue weighted by Gasteiger charge is -2.03. The lowest BCUT2D eigenvalue weighted by molar-refractivity contribution is 0.112. The molecular weight excluding hydrogens is 212 g/mol. The molecule has 1 aromatic heterocycles. The molecule has 0 aliphatic rings. The Kier molecular flexibility index (Phi) is 2.81. The van der Waals surface area contributed by atoms with Gasteiger partial charge in [0.25, 0.3) is 0 Å². The summed E-state index contributed by atoms with van der Waals surface area (Å²) in [5, 5.41) is 0. The first-order valence-electron chi connectivity index (χ1n) is 4.73. The van der Waals surface area contributed by atoms with Gasteiger partial charge in [-0.3, -0.25) is 4.79 Å². The van der Waals surface area contributed by atoms with Crippen molar-refractivity contribution in [3.8, 4) is 0 Å². The Balaban J connectivity index is 2.22. The number of hydrogen-bond acceptors (Lipinski definition) is 1. The normalized spacial score (nSPS) is 10.4. The fourth-order valence-corrected chi connectivity index (χ4v) is 1.54. The van der Waals surface area contributed by atoms with Crippen LogP contribution in [0.3, 0.4) is 0 Å². The van der Waals surface area contributed by atoms with E-state index in [0.29, 0.717) is 17.7 Å². The lowest BCUT2D eigenvalue weighted by atomic mass is 10.2. The van der Waals surface area contributed by atoms with Crippen LogP contribution in [-0.4, -0.2) is 10.9 Å². The summed E-state index contributed by atoms with van der Waals surface area (Å²) in [6, 6.07) is 5.01. The van der Waals surface area contributed by atoms with E-state index in [2.05, 4.69) is 0 Å². The molecular formula is C12H9F2NO. The fraction of sp³-hybridized carbons (Fsp3) is 0.0833. The second kappa shape index (κ2) is 4.26. The highest BCUT2D eigenvalue weighted by molar-refractivity contribution is 5.74. The summed E-state index contributed by atoms with van der Waals surface area (Å²) in [6.45, 7) is 0.336. The summed E-state index contributed by atoms with van der Waals surface area (Å²) in [7, 11) is 0. The van der Waals surface area contributed by atoms with Gasteiger partial charge in [-0.05, 0) is 23.8 Å². The number of rotatable bonds is 3. The third-order valence-corrected chi connectivity index (χ3v) is 2.20. The average molecular weight is 221 g/mol. The summed E-state index contributed by atoms with van der Waals surface area (Å²) in [4.78, 5) is 10.4. The molecule has 0 aliphatic carbocycles. The van der Waals surface area contributed by atoms with E-state index in [0.717, 1.165) is 12.4 Å². The van der Waals surface area contributed by atoms with Crippen molar-refractivity contribution < 1.29 is 13.6 Å². The second-order valence-electron chi connectivity index (χ2n) is 3.51. The third-order valence-electron chi connectivity index (χ3n) is 2.20. The van der Waals surface area contributed by atoms with E-state index in [9.17, 15) is 13.6 Å². The predicted octanol–water partition coefficient (Wildman–Crippen LogP) is 2.63. The standard InChI is InChI=1S/C12H9F2NO/c13-11-3-10(4-12(14)5-11)7-15-2-1-9(6-15)8-16/h1-6,8H,7H2. The molecule has 16 heavy (non-hydrogen) atoms. The molecule has 0 radical (unpaired) electrons. The van der Waals surface area contributed by atoms with E-state index in [4.69, 9.17) is 0 Å². The topological polar surface area (TPSA) is 22.0 Å². The molecule has 0 saturated carbocycles. The first-order valence-corrected chi connectivity index (χ1v) is 4.73. The zero-order valence-electron chi connectivity index (χ0n) is 8.36. The van der Waals surface area contributed by atoms with Crippen molar-refractivity contribution >= 4 is 6.29 Å². The lowest BCUT2D eigenvalue weighted by Crippen LogP contribution is -1.97. The van der Waals surface area contributed by atoms with E-state index < -0.39 is 11.6 Å². The Morgan fingerprint density at radius 3 is 2.44 bits per heavy atom. The van der Waals surface area contributed by atoms with Crippen LogP contribution in [0.5, 0.6) is 0 Å². The quantitative estimate of drug-likeness (QED) is 0.730. The summed E-state index contributed by atoms with van der Waals surface area (Å²) in [5.41, 5.74) is 1.06. The van der Waals surface area contributed by atoms with Gasteiger partial charge in [-0.15, -0.1) is 0 Å². The summed E-state index contributed by atoms with van der Waals surface area (Å²) in [6.07, 6.45) is 4.03. The van der Waals surface area contributed by atoms with Crippen LogP contribution < -0.4 is 0 Å². The molecule has 0 bridgehead atoms. The van der Waals surface area contributed by atoms with Gasteiger partial charge in [-0.25, -0.2) is 8.78 Å². The number of benzene rings is 1. The molecule has 82 valence electrons. The number of aromatic nitrogens is 1. The fourth-order valence-electron chi connectivity index (χ4n) is 1.54. The highest BCUT2D eigenvalue weighted by atomic mass is 19.1. The van der Waals surface area contributed by atoms with Gasteiger partial charge in [0.15, 0.2) is 6.29 Å². The zero-order chi connectivity index (χ0) is 11.5. The minimum Gasteiger partial charge on any atom is -0.349 e. The molecule has 0 saturated heterocycles. The Labute approximate surface area is 91.1 Å². The second-order valence-corrected chi connectivity index (χ2v) is 3.51. The smallest absolute Gasteiger partial charge is 0.151 e. The van der Waals surface area contributed by atoms with Gasteiger partial charge in [0.1, 0.15) is 11.6 Å². The number of nitrogens with zero attached hydrogens (tertiary/aromatic N) is 1. The van der Waals surface area contributed by atoms with Gasteiger partial charge in [0, 0.05) is 30.6 Å². The Morgan fingerprint density at radius 1 is 1.19 bits per heavy atom. The van der Waals surface area contributed by atoms with Crippen molar-refractivity contribution in [3.05, 3.63) is 59.4 Å². The molecule has 4 heteroatoms. The molecule has 0 spiro atoms. The number of halogens is 2. The van der Waals surface area contributed by atoms with Crippen LogP contribution in [-0.2, 0) is 6.54 Å². The van der Waals surface area contributed by atoms with Crippen molar-refractivity contribution in [2.24, 2.45) is 0 Å². The monoisotopic (exact) mass is 221 g/mol. The van der Waals surface area contributed by atoms with Crippen LogP contribution >= 0.6 is 0 Å². The predicted molar refractivity (Wildman–Crippen MR) is 55.3 cm³/mol. The maximum absolute atomic E-state index is 12.9. The van der Waals surface area contributed by atoms with Crippen LogP contribution in [0.25, 0.3) is 0 Å². The molecule has 0 fully saturated rings. The first-order chi connectivity index (χ1) is 7.67. The maximum atomic E-state index is 12.9. The van der Waals surface area contributed by atoms with Crippen molar-refractivity contribution in [2.45, 2.75) is 6.54 Å². The van der Waals surface area contributed by atoms with E-state index in [-0.39, 0.29) is 0 Å². The number of aldehydes is 1. The molecule has 2 aromatic rings. The average Bonchev–Trinajstić information content (AvgIpc) is 2.64. The van der Waals surface area contributed by atoms with Crippen LogP contribution in [0.15, 0.2) is 36.7 Å². The van der Waals surface area contributed by atoms with E-state index in [1.165, 1.54) is 12.1 Å². The maximum Gasteiger partial charge on any atom is 0.151 e. The van der Waals surface area contributed by atoms with E-state index in [1.54, 1.807) is 23.0 Å². The first kappa shape index (κ1) is 10.5. The molecule has 1 heterocycles. The Bertz CT molecular complexity index is 499. The number of carbonyl (C=O) groups is 1. The van der Waals surface area contributed by atoms with Crippen molar-refractivity contribution in [3.63, 3.8) is 0 Å². The number of carbonyl (C=O) groups excluding carboxylic acids is 1. The van der Waals surface area contributed by atoms with Crippen molar-refractivity contribution in [1.29, 1.82) is 0 Å². The molecule has 1 aromatic carbocycles. The van der Waals surface area contributed by atoms with Gasteiger partial charge in [0.05, 0.1) is 0 Å². The largest absolute Gasteiger partial charge is 0.349 e.